The average Bonchev–Trinajstić information content (AvgIpc) is 3.59. The van der Waals surface area contributed by atoms with Crippen LogP contribution in [0.3, 0.4) is 0 Å². The maximum absolute atomic E-state index is 13.5. The molecular weight excluding hydrogens is 402 g/mol. The summed E-state index contributed by atoms with van der Waals surface area (Å²) in [5, 5.41) is 9.83. The number of benzene rings is 1. The van der Waals surface area contributed by atoms with Crippen LogP contribution in [0.4, 0.5) is 0 Å². The van der Waals surface area contributed by atoms with Gasteiger partial charge in [-0.05, 0) is 51.3 Å². The van der Waals surface area contributed by atoms with Crippen molar-refractivity contribution in [2.75, 3.05) is 33.3 Å². The first-order valence-corrected chi connectivity index (χ1v) is 11.7. The number of carbonyl (C=O) groups is 1. The zero-order valence-electron chi connectivity index (χ0n) is 19.6. The van der Waals surface area contributed by atoms with Gasteiger partial charge in [0, 0.05) is 37.3 Å². The lowest BCUT2D eigenvalue weighted by Crippen LogP contribution is -2.50. The van der Waals surface area contributed by atoms with Gasteiger partial charge in [-0.15, -0.1) is 0 Å². The molecule has 1 N–H and O–H groups in total. The molecule has 2 aliphatic rings. The molecule has 1 aromatic carbocycles. The summed E-state index contributed by atoms with van der Waals surface area (Å²) in [6, 6.07) is 9.80. The van der Waals surface area contributed by atoms with Crippen molar-refractivity contribution >= 4 is 5.91 Å². The SMILES string of the molecule is Cc1ccc(-c2cnc3c(c2)C(=O)N([C@@H](C)CO)C[C@@H](C)[C@@H](CN(C)CC2CC2)O3)cc1. The van der Waals surface area contributed by atoms with Crippen molar-refractivity contribution < 1.29 is 14.6 Å². The van der Waals surface area contributed by atoms with E-state index in [4.69, 9.17) is 4.74 Å². The number of ether oxygens (including phenoxy) is 1. The van der Waals surface area contributed by atoms with E-state index in [0.29, 0.717) is 18.0 Å². The minimum atomic E-state index is -0.274. The Labute approximate surface area is 191 Å². The summed E-state index contributed by atoms with van der Waals surface area (Å²) in [4.78, 5) is 22.3. The Bertz CT molecular complexity index is 942. The molecule has 0 bridgehead atoms. The van der Waals surface area contributed by atoms with E-state index in [1.54, 1.807) is 11.1 Å². The summed E-state index contributed by atoms with van der Waals surface area (Å²) in [5.74, 6) is 1.16. The highest BCUT2D eigenvalue weighted by Gasteiger charge is 2.35. The number of hydrogen-bond acceptors (Lipinski definition) is 5. The van der Waals surface area contributed by atoms with Gasteiger partial charge in [0.15, 0.2) is 0 Å². The van der Waals surface area contributed by atoms with E-state index < -0.39 is 0 Å². The summed E-state index contributed by atoms with van der Waals surface area (Å²) in [6.45, 7) is 8.38. The molecule has 32 heavy (non-hydrogen) atoms. The smallest absolute Gasteiger partial charge is 0.259 e. The summed E-state index contributed by atoms with van der Waals surface area (Å²) in [5.41, 5.74) is 3.54. The van der Waals surface area contributed by atoms with Gasteiger partial charge in [-0.3, -0.25) is 4.79 Å². The molecule has 2 aromatic rings. The van der Waals surface area contributed by atoms with Crippen LogP contribution in [0.1, 0.15) is 42.6 Å². The number of aliphatic hydroxyl groups excluding tert-OH is 1. The molecule has 4 rings (SSSR count). The number of rotatable bonds is 7. The number of pyridine rings is 1. The first kappa shape index (κ1) is 22.7. The van der Waals surface area contributed by atoms with Gasteiger partial charge >= 0.3 is 0 Å². The van der Waals surface area contributed by atoms with Crippen molar-refractivity contribution in [2.45, 2.75) is 45.8 Å². The lowest BCUT2D eigenvalue weighted by atomic mass is 9.99. The topological polar surface area (TPSA) is 65.9 Å². The van der Waals surface area contributed by atoms with Crippen LogP contribution < -0.4 is 4.74 Å². The van der Waals surface area contributed by atoms with Crippen molar-refractivity contribution in [3.8, 4) is 17.0 Å². The largest absolute Gasteiger partial charge is 0.472 e. The fourth-order valence-corrected chi connectivity index (χ4v) is 4.35. The number of aliphatic hydroxyl groups is 1. The maximum atomic E-state index is 13.5. The average molecular weight is 438 g/mol. The van der Waals surface area contributed by atoms with E-state index in [2.05, 4.69) is 42.9 Å². The number of carbonyl (C=O) groups excluding carboxylic acids is 1. The molecule has 1 aromatic heterocycles. The van der Waals surface area contributed by atoms with Crippen LogP contribution in [0.5, 0.6) is 5.88 Å². The molecule has 0 unspecified atom stereocenters. The van der Waals surface area contributed by atoms with E-state index in [-0.39, 0.29) is 30.6 Å². The molecule has 0 spiro atoms. The molecule has 2 heterocycles. The van der Waals surface area contributed by atoms with Crippen LogP contribution in [-0.4, -0.2) is 71.2 Å². The third-order valence-electron chi connectivity index (χ3n) is 6.66. The Morgan fingerprint density at radius 2 is 1.94 bits per heavy atom. The first-order chi connectivity index (χ1) is 15.4. The van der Waals surface area contributed by atoms with Gasteiger partial charge in [0.1, 0.15) is 11.7 Å². The molecular formula is C26H35N3O3. The molecule has 1 saturated carbocycles. The van der Waals surface area contributed by atoms with E-state index in [9.17, 15) is 9.90 Å². The third kappa shape index (κ3) is 5.13. The summed E-state index contributed by atoms with van der Waals surface area (Å²) >= 11 is 0. The number of fused-ring (bicyclic) bond motifs is 1. The number of nitrogens with zero attached hydrogens (tertiary/aromatic N) is 3. The molecule has 0 radical (unpaired) electrons. The molecule has 6 heteroatoms. The Morgan fingerprint density at radius 1 is 1.22 bits per heavy atom. The normalized spacial score (nSPS) is 22.2. The van der Waals surface area contributed by atoms with Crippen molar-refractivity contribution in [1.29, 1.82) is 0 Å². The fourth-order valence-electron chi connectivity index (χ4n) is 4.35. The monoisotopic (exact) mass is 437 g/mol. The second kappa shape index (κ2) is 9.59. The highest BCUT2D eigenvalue weighted by Crippen LogP contribution is 2.32. The van der Waals surface area contributed by atoms with Crippen molar-refractivity contribution in [1.82, 2.24) is 14.8 Å². The van der Waals surface area contributed by atoms with Crippen molar-refractivity contribution in [2.24, 2.45) is 11.8 Å². The lowest BCUT2D eigenvalue weighted by molar-refractivity contribution is 0.0328. The minimum absolute atomic E-state index is 0.0774. The Morgan fingerprint density at radius 3 is 2.59 bits per heavy atom. The Balaban J connectivity index is 1.68. The summed E-state index contributed by atoms with van der Waals surface area (Å²) in [7, 11) is 2.14. The van der Waals surface area contributed by atoms with Gasteiger partial charge in [0.25, 0.3) is 5.91 Å². The predicted octanol–water partition coefficient (Wildman–Crippen LogP) is 3.62. The van der Waals surface area contributed by atoms with E-state index in [0.717, 1.165) is 30.1 Å². The van der Waals surface area contributed by atoms with Gasteiger partial charge in [0.2, 0.25) is 5.88 Å². The Hall–Kier alpha value is -2.44. The third-order valence-corrected chi connectivity index (χ3v) is 6.66. The zero-order valence-corrected chi connectivity index (χ0v) is 19.6. The lowest BCUT2D eigenvalue weighted by Gasteiger charge is -2.37. The molecule has 3 atom stereocenters. The van der Waals surface area contributed by atoms with Gasteiger partial charge in [-0.25, -0.2) is 4.98 Å². The molecule has 172 valence electrons. The summed E-state index contributed by atoms with van der Waals surface area (Å²) < 4.78 is 6.40. The number of hydrogen-bond donors (Lipinski definition) is 1. The zero-order chi connectivity index (χ0) is 22.8. The molecule has 1 aliphatic carbocycles. The molecule has 1 aliphatic heterocycles. The maximum Gasteiger partial charge on any atom is 0.259 e. The second-order valence-electron chi connectivity index (χ2n) is 9.73. The highest BCUT2D eigenvalue weighted by molar-refractivity contribution is 5.98. The first-order valence-electron chi connectivity index (χ1n) is 11.7. The number of aromatic nitrogens is 1. The minimum Gasteiger partial charge on any atom is -0.472 e. The van der Waals surface area contributed by atoms with Crippen LogP contribution in [0.15, 0.2) is 36.5 Å². The quantitative estimate of drug-likeness (QED) is 0.717. The van der Waals surface area contributed by atoms with Gasteiger partial charge in [-0.2, -0.15) is 0 Å². The number of likely N-dealkylation sites (N-methyl/N-ethyl adjacent to an activating group) is 1. The van der Waals surface area contributed by atoms with E-state index in [1.165, 1.54) is 18.4 Å². The molecule has 1 amide bonds. The second-order valence-corrected chi connectivity index (χ2v) is 9.73. The standard InChI is InChI=1S/C26H35N3O3/c1-17-5-9-21(10-6-17)22-11-23-25(27-12-22)32-24(15-28(4)14-20-7-8-20)18(2)13-29(26(23)31)19(3)16-30/h5-6,9-12,18-20,24,30H,7-8,13-16H2,1-4H3/t18-,19+,24-/m1/s1. The van der Waals surface area contributed by atoms with Crippen LogP contribution >= 0.6 is 0 Å². The van der Waals surface area contributed by atoms with E-state index >= 15 is 0 Å². The van der Waals surface area contributed by atoms with Crippen molar-refractivity contribution in [3.63, 3.8) is 0 Å². The fraction of sp³-hybridized carbons (Fsp3) is 0.538. The molecule has 0 saturated heterocycles. The van der Waals surface area contributed by atoms with E-state index in [1.807, 2.05) is 25.1 Å². The van der Waals surface area contributed by atoms with Crippen LogP contribution in [-0.2, 0) is 0 Å². The van der Waals surface area contributed by atoms with Crippen LogP contribution in [0, 0.1) is 18.8 Å². The molecule has 6 nitrogen and oxygen atoms in total. The van der Waals surface area contributed by atoms with Crippen LogP contribution in [0.25, 0.3) is 11.1 Å². The van der Waals surface area contributed by atoms with Crippen LogP contribution in [0.2, 0.25) is 0 Å². The van der Waals surface area contributed by atoms with Gasteiger partial charge in [-0.1, -0.05) is 36.8 Å². The Kier molecular flexibility index (Phi) is 6.82. The summed E-state index contributed by atoms with van der Waals surface area (Å²) in [6.07, 6.45) is 4.33. The predicted molar refractivity (Wildman–Crippen MR) is 126 cm³/mol. The van der Waals surface area contributed by atoms with Gasteiger partial charge < -0.3 is 19.6 Å². The number of amides is 1. The highest BCUT2D eigenvalue weighted by atomic mass is 16.5. The van der Waals surface area contributed by atoms with Gasteiger partial charge in [0.05, 0.1) is 12.6 Å². The van der Waals surface area contributed by atoms with Crippen molar-refractivity contribution in [3.05, 3.63) is 47.7 Å². The number of aryl methyl sites for hydroxylation is 1. The molecule has 1 fully saturated rings.